The molecule has 8 heteroatoms. The van der Waals surface area contributed by atoms with Gasteiger partial charge in [0.1, 0.15) is 6.33 Å². The summed E-state index contributed by atoms with van der Waals surface area (Å²) in [5.41, 5.74) is 0.415. The fraction of sp³-hybridized carbons (Fsp3) is 0.357. The molecule has 1 heterocycles. The maximum absolute atomic E-state index is 12.3. The first-order chi connectivity index (χ1) is 10.5. The molecule has 1 aromatic carbocycles. The van der Waals surface area contributed by atoms with Crippen LogP contribution in [-0.2, 0) is 6.54 Å². The third kappa shape index (κ3) is 4.46. The maximum Gasteiger partial charge on any atom is 0.259 e. The van der Waals surface area contributed by atoms with E-state index in [1.165, 1.54) is 0 Å². The standard InChI is InChI=1S/C14H18ClN5OS/c1-19(2)6-7-20-9-16-14(18-20)17-13(21)11-8-10(22-3)4-5-12(11)15/h4-5,8-9H,6-7H2,1-3H3,(H,17,18,21). The minimum absolute atomic E-state index is 0.273. The van der Waals surface area contributed by atoms with Gasteiger partial charge in [-0.15, -0.1) is 16.9 Å². The van der Waals surface area contributed by atoms with Crippen LogP contribution in [-0.4, -0.2) is 52.5 Å². The first-order valence-corrected chi connectivity index (χ1v) is 8.29. The average Bonchev–Trinajstić information content (AvgIpc) is 2.93. The molecule has 0 saturated carbocycles. The van der Waals surface area contributed by atoms with Crippen molar-refractivity contribution in [1.29, 1.82) is 0 Å². The summed E-state index contributed by atoms with van der Waals surface area (Å²) in [6.45, 7) is 1.55. The highest BCUT2D eigenvalue weighted by molar-refractivity contribution is 7.98. The van der Waals surface area contributed by atoms with E-state index in [1.54, 1.807) is 34.9 Å². The van der Waals surface area contributed by atoms with Crippen molar-refractivity contribution in [3.05, 3.63) is 35.1 Å². The van der Waals surface area contributed by atoms with E-state index in [-0.39, 0.29) is 11.9 Å². The van der Waals surface area contributed by atoms with Crippen molar-refractivity contribution in [2.24, 2.45) is 0 Å². The number of halogens is 1. The van der Waals surface area contributed by atoms with Crippen LogP contribution in [0.5, 0.6) is 0 Å². The number of amides is 1. The zero-order chi connectivity index (χ0) is 16.1. The highest BCUT2D eigenvalue weighted by Gasteiger charge is 2.13. The van der Waals surface area contributed by atoms with Gasteiger partial charge in [0.05, 0.1) is 17.1 Å². The van der Waals surface area contributed by atoms with E-state index in [1.807, 2.05) is 31.3 Å². The Morgan fingerprint density at radius 2 is 2.23 bits per heavy atom. The smallest absolute Gasteiger partial charge is 0.259 e. The highest BCUT2D eigenvalue weighted by atomic mass is 35.5. The lowest BCUT2D eigenvalue weighted by Crippen LogP contribution is -2.19. The van der Waals surface area contributed by atoms with Crippen molar-refractivity contribution in [1.82, 2.24) is 19.7 Å². The number of thioether (sulfide) groups is 1. The number of aromatic nitrogens is 3. The zero-order valence-electron chi connectivity index (χ0n) is 12.7. The van der Waals surface area contributed by atoms with Gasteiger partial charge in [-0.3, -0.25) is 10.1 Å². The summed E-state index contributed by atoms with van der Waals surface area (Å²) < 4.78 is 1.69. The monoisotopic (exact) mass is 339 g/mol. The van der Waals surface area contributed by atoms with E-state index in [9.17, 15) is 4.79 Å². The first kappa shape index (κ1) is 16.8. The predicted molar refractivity (Wildman–Crippen MR) is 89.8 cm³/mol. The van der Waals surface area contributed by atoms with E-state index >= 15 is 0 Å². The molecule has 2 rings (SSSR count). The predicted octanol–water partition coefficient (Wildman–Crippen LogP) is 2.47. The summed E-state index contributed by atoms with van der Waals surface area (Å²) >= 11 is 7.63. The van der Waals surface area contributed by atoms with Crippen LogP contribution in [0.2, 0.25) is 5.02 Å². The molecule has 2 aromatic rings. The Morgan fingerprint density at radius 3 is 2.91 bits per heavy atom. The molecule has 0 spiro atoms. The van der Waals surface area contributed by atoms with E-state index in [4.69, 9.17) is 11.6 Å². The molecule has 0 atom stereocenters. The second-order valence-electron chi connectivity index (χ2n) is 4.93. The van der Waals surface area contributed by atoms with Gasteiger partial charge in [-0.25, -0.2) is 9.67 Å². The Balaban J connectivity index is 2.06. The van der Waals surface area contributed by atoms with E-state index in [0.29, 0.717) is 17.1 Å². The molecule has 0 fully saturated rings. The average molecular weight is 340 g/mol. The summed E-state index contributed by atoms with van der Waals surface area (Å²) in [7, 11) is 3.97. The summed E-state index contributed by atoms with van der Waals surface area (Å²) in [6.07, 6.45) is 3.54. The molecule has 0 aliphatic rings. The van der Waals surface area contributed by atoms with E-state index < -0.39 is 0 Å². The van der Waals surface area contributed by atoms with Crippen LogP contribution in [0.25, 0.3) is 0 Å². The molecule has 0 bridgehead atoms. The van der Waals surface area contributed by atoms with Gasteiger partial charge in [0, 0.05) is 11.4 Å². The molecule has 0 radical (unpaired) electrons. The van der Waals surface area contributed by atoms with Crippen molar-refractivity contribution in [3.8, 4) is 0 Å². The van der Waals surface area contributed by atoms with Gasteiger partial charge < -0.3 is 4.90 Å². The van der Waals surface area contributed by atoms with Crippen LogP contribution in [0.4, 0.5) is 5.95 Å². The fourth-order valence-electron chi connectivity index (χ4n) is 1.74. The van der Waals surface area contributed by atoms with E-state index in [2.05, 4.69) is 15.4 Å². The number of carbonyl (C=O) groups excluding carboxylic acids is 1. The Morgan fingerprint density at radius 1 is 1.45 bits per heavy atom. The molecule has 0 saturated heterocycles. The second kappa shape index (κ2) is 7.62. The molecular weight excluding hydrogens is 322 g/mol. The number of nitrogens with zero attached hydrogens (tertiary/aromatic N) is 4. The number of nitrogens with one attached hydrogen (secondary N) is 1. The molecule has 0 aliphatic heterocycles. The van der Waals surface area contributed by atoms with Crippen molar-refractivity contribution in [2.45, 2.75) is 11.4 Å². The topological polar surface area (TPSA) is 63.1 Å². The Hall–Kier alpha value is -1.57. The molecule has 6 nitrogen and oxygen atoms in total. The van der Waals surface area contributed by atoms with Crippen LogP contribution in [0.3, 0.4) is 0 Å². The van der Waals surface area contributed by atoms with Crippen LogP contribution in [0.1, 0.15) is 10.4 Å². The normalized spacial score (nSPS) is 11.0. The van der Waals surface area contributed by atoms with Gasteiger partial charge in [-0.1, -0.05) is 11.6 Å². The summed E-state index contributed by atoms with van der Waals surface area (Å²) in [4.78, 5) is 19.4. The summed E-state index contributed by atoms with van der Waals surface area (Å²) in [6, 6.07) is 5.34. The molecule has 22 heavy (non-hydrogen) atoms. The number of hydrogen-bond donors (Lipinski definition) is 1. The van der Waals surface area contributed by atoms with Crippen molar-refractivity contribution < 1.29 is 4.79 Å². The molecule has 1 amide bonds. The zero-order valence-corrected chi connectivity index (χ0v) is 14.3. The van der Waals surface area contributed by atoms with Gasteiger partial charge in [0.25, 0.3) is 5.91 Å². The Bertz CT molecular complexity index is 658. The lowest BCUT2D eigenvalue weighted by molar-refractivity contribution is 0.102. The van der Waals surface area contributed by atoms with Gasteiger partial charge >= 0.3 is 0 Å². The van der Waals surface area contributed by atoms with Crippen molar-refractivity contribution in [3.63, 3.8) is 0 Å². The third-order valence-corrected chi connectivity index (χ3v) is 4.01. The molecule has 118 valence electrons. The van der Waals surface area contributed by atoms with Crippen LogP contribution < -0.4 is 5.32 Å². The van der Waals surface area contributed by atoms with Gasteiger partial charge in [-0.2, -0.15) is 0 Å². The molecule has 0 aliphatic carbocycles. The number of benzene rings is 1. The van der Waals surface area contributed by atoms with Crippen molar-refractivity contribution >= 4 is 35.2 Å². The summed E-state index contributed by atoms with van der Waals surface area (Å²) in [5.74, 6) is -0.0411. The van der Waals surface area contributed by atoms with Crippen LogP contribution in [0, 0.1) is 0 Å². The second-order valence-corrected chi connectivity index (χ2v) is 6.22. The minimum atomic E-state index is -0.314. The number of carbonyl (C=O) groups is 1. The molecule has 1 aromatic heterocycles. The fourth-order valence-corrected chi connectivity index (χ4v) is 2.38. The quantitative estimate of drug-likeness (QED) is 0.819. The van der Waals surface area contributed by atoms with Gasteiger partial charge in [0.15, 0.2) is 0 Å². The first-order valence-electron chi connectivity index (χ1n) is 6.68. The SMILES string of the molecule is CSc1ccc(Cl)c(C(=O)Nc2ncn(CCN(C)C)n2)c1. The number of hydrogen-bond acceptors (Lipinski definition) is 5. The lowest BCUT2D eigenvalue weighted by atomic mass is 10.2. The largest absolute Gasteiger partial charge is 0.308 e. The maximum atomic E-state index is 12.3. The molecular formula is C14H18ClN5OS. The van der Waals surface area contributed by atoms with Gasteiger partial charge in [0.2, 0.25) is 5.95 Å². The lowest BCUT2D eigenvalue weighted by Gasteiger charge is -2.08. The Kier molecular flexibility index (Phi) is 5.82. The number of anilines is 1. The molecule has 1 N–H and O–H groups in total. The molecule has 0 unspecified atom stereocenters. The van der Waals surface area contributed by atoms with Crippen LogP contribution >= 0.6 is 23.4 Å². The highest BCUT2D eigenvalue weighted by Crippen LogP contribution is 2.23. The van der Waals surface area contributed by atoms with E-state index in [0.717, 1.165) is 11.4 Å². The Labute approximate surface area is 138 Å². The van der Waals surface area contributed by atoms with Gasteiger partial charge in [-0.05, 0) is 38.6 Å². The van der Waals surface area contributed by atoms with Crippen molar-refractivity contribution in [2.75, 3.05) is 32.2 Å². The minimum Gasteiger partial charge on any atom is -0.308 e. The third-order valence-electron chi connectivity index (χ3n) is 2.96. The van der Waals surface area contributed by atoms with Crippen LogP contribution in [0.15, 0.2) is 29.4 Å². The summed E-state index contributed by atoms with van der Waals surface area (Å²) in [5, 5.41) is 7.29. The number of likely N-dealkylation sites (N-methyl/N-ethyl adjacent to an activating group) is 1. The number of rotatable bonds is 6.